The van der Waals surface area contributed by atoms with Crippen LogP contribution in [0.4, 0.5) is 0 Å². The Morgan fingerprint density at radius 2 is 1.88 bits per heavy atom. The Balaban J connectivity index is 2.28. The smallest absolute Gasteiger partial charge is 0.344 e. The SMILES string of the molecule is CNC(=O)COC(=O)COc1ccc(Br)cc1. The first-order valence-electron chi connectivity index (χ1n) is 4.86. The zero-order chi connectivity index (χ0) is 12.7. The summed E-state index contributed by atoms with van der Waals surface area (Å²) in [6.45, 7) is -0.516. The molecule has 5 nitrogen and oxygen atoms in total. The number of ether oxygens (including phenoxy) is 2. The Kier molecular flexibility index (Phi) is 5.48. The molecule has 0 fully saturated rings. The van der Waals surface area contributed by atoms with Crippen molar-refractivity contribution < 1.29 is 19.1 Å². The molecule has 0 aromatic heterocycles. The number of hydrogen-bond donors (Lipinski definition) is 1. The van der Waals surface area contributed by atoms with Crippen LogP contribution in [0.25, 0.3) is 0 Å². The van der Waals surface area contributed by atoms with Crippen molar-refractivity contribution in [2.45, 2.75) is 0 Å². The summed E-state index contributed by atoms with van der Waals surface area (Å²) >= 11 is 3.28. The third kappa shape index (κ3) is 5.35. The number of esters is 1. The third-order valence-corrected chi connectivity index (χ3v) is 2.34. The summed E-state index contributed by atoms with van der Waals surface area (Å²) in [5.74, 6) is -0.386. The Labute approximate surface area is 107 Å². The first kappa shape index (κ1) is 13.5. The number of likely N-dealkylation sites (N-methyl/N-ethyl adjacent to an activating group) is 1. The molecule has 0 heterocycles. The van der Waals surface area contributed by atoms with E-state index in [4.69, 9.17) is 4.74 Å². The minimum atomic E-state index is -0.587. The molecule has 0 unspecified atom stereocenters. The molecule has 1 aromatic rings. The van der Waals surface area contributed by atoms with E-state index in [2.05, 4.69) is 26.0 Å². The quantitative estimate of drug-likeness (QED) is 0.828. The van der Waals surface area contributed by atoms with Gasteiger partial charge in [-0.1, -0.05) is 15.9 Å². The number of benzene rings is 1. The number of hydrogen-bond acceptors (Lipinski definition) is 4. The molecule has 0 spiro atoms. The summed E-state index contributed by atoms with van der Waals surface area (Å²) in [5, 5.41) is 2.34. The van der Waals surface area contributed by atoms with Crippen LogP contribution >= 0.6 is 15.9 Å². The second kappa shape index (κ2) is 6.90. The van der Waals surface area contributed by atoms with Gasteiger partial charge < -0.3 is 14.8 Å². The van der Waals surface area contributed by atoms with Crippen LogP contribution in [0.1, 0.15) is 0 Å². The Morgan fingerprint density at radius 1 is 1.24 bits per heavy atom. The van der Waals surface area contributed by atoms with Gasteiger partial charge in [-0.2, -0.15) is 0 Å². The molecular formula is C11H12BrNO4. The highest BCUT2D eigenvalue weighted by atomic mass is 79.9. The number of amides is 1. The maximum Gasteiger partial charge on any atom is 0.344 e. The molecular weight excluding hydrogens is 290 g/mol. The van der Waals surface area contributed by atoms with Crippen molar-refractivity contribution in [3.63, 3.8) is 0 Å². The van der Waals surface area contributed by atoms with E-state index < -0.39 is 5.97 Å². The summed E-state index contributed by atoms with van der Waals surface area (Å²) in [7, 11) is 1.47. The Hall–Kier alpha value is -1.56. The van der Waals surface area contributed by atoms with Crippen molar-refractivity contribution in [3.05, 3.63) is 28.7 Å². The Morgan fingerprint density at radius 3 is 2.47 bits per heavy atom. The number of nitrogens with one attached hydrogen (secondary N) is 1. The maximum atomic E-state index is 11.2. The van der Waals surface area contributed by atoms with E-state index in [9.17, 15) is 9.59 Å². The fourth-order valence-corrected chi connectivity index (χ4v) is 1.20. The molecule has 0 saturated carbocycles. The van der Waals surface area contributed by atoms with Crippen LogP contribution in [0.15, 0.2) is 28.7 Å². The number of carbonyl (C=O) groups excluding carboxylic acids is 2. The number of rotatable bonds is 5. The van der Waals surface area contributed by atoms with Crippen LogP contribution in [0.2, 0.25) is 0 Å². The molecule has 17 heavy (non-hydrogen) atoms. The highest BCUT2D eigenvalue weighted by molar-refractivity contribution is 9.10. The summed E-state index contributed by atoms with van der Waals surface area (Å²) in [5.41, 5.74) is 0. The molecule has 0 aliphatic carbocycles. The molecule has 0 radical (unpaired) electrons. The zero-order valence-electron chi connectivity index (χ0n) is 9.23. The zero-order valence-corrected chi connectivity index (χ0v) is 10.8. The molecule has 0 bridgehead atoms. The van der Waals surface area contributed by atoms with E-state index in [1.165, 1.54) is 7.05 Å². The molecule has 0 aliphatic heterocycles. The van der Waals surface area contributed by atoms with Gasteiger partial charge in [0, 0.05) is 11.5 Å². The predicted molar refractivity (Wildman–Crippen MR) is 64.7 cm³/mol. The van der Waals surface area contributed by atoms with E-state index in [-0.39, 0.29) is 19.1 Å². The fourth-order valence-electron chi connectivity index (χ4n) is 0.933. The molecule has 0 atom stereocenters. The minimum Gasteiger partial charge on any atom is -0.482 e. The first-order valence-corrected chi connectivity index (χ1v) is 5.65. The van der Waals surface area contributed by atoms with E-state index in [0.717, 1.165) is 4.47 Å². The van der Waals surface area contributed by atoms with Crippen molar-refractivity contribution in [1.82, 2.24) is 5.32 Å². The molecule has 92 valence electrons. The van der Waals surface area contributed by atoms with Gasteiger partial charge >= 0.3 is 5.97 Å². The van der Waals surface area contributed by atoms with Gasteiger partial charge in [0.1, 0.15) is 5.75 Å². The first-order chi connectivity index (χ1) is 8.11. The molecule has 1 N–H and O–H groups in total. The molecule has 0 aliphatic rings. The molecule has 1 aromatic carbocycles. The van der Waals surface area contributed by atoms with Gasteiger partial charge in [0.25, 0.3) is 5.91 Å². The van der Waals surface area contributed by atoms with Crippen LogP contribution in [0, 0.1) is 0 Å². The normalized spacial score (nSPS) is 9.53. The lowest BCUT2D eigenvalue weighted by Gasteiger charge is -2.06. The van der Waals surface area contributed by atoms with Gasteiger partial charge in [-0.15, -0.1) is 0 Å². The summed E-state index contributed by atoms with van der Waals surface area (Å²) in [6.07, 6.45) is 0. The highest BCUT2D eigenvalue weighted by Crippen LogP contribution is 2.15. The van der Waals surface area contributed by atoms with Crippen LogP contribution in [0.3, 0.4) is 0 Å². The van der Waals surface area contributed by atoms with Crippen molar-refractivity contribution in [3.8, 4) is 5.75 Å². The van der Waals surface area contributed by atoms with E-state index in [1.54, 1.807) is 24.3 Å². The van der Waals surface area contributed by atoms with E-state index in [0.29, 0.717) is 5.75 Å². The second-order valence-electron chi connectivity index (χ2n) is 3.08. The molecule has 0 saturated heterocycles. The van der Waals surface area contributed by atoms with E-state index >= 15 is 0 Å². The fraction of sp³-hybridized carbons (Fsp3) is 0.273. The van der Waals surface area contributed by atoms with Crippen LogP contribution < -0.4 is 10.1 Å². The van der Waals surface area contributed by atoms with Crippen molar-refractivity contribution in [2.24, 2.45) is 0 Å². The van der Waals surface area contributed by atoms with Crippen molar-refractivity contribution >= 4 is 27.8 Å². The Bertz CT molecular complexity index is 391. The average Bonchev–Trinajstić information content (AvgIpc) is 2.35. The van der Waals surface area contributed by atoms with Crippen LogP contribution in [-0.4, -0.2) is 32.1 Å². The monoisotopic (exact) mass is 301 g/mol. The van der Waals surface area contributed by atoms with Gasteiger partial charge in [-0.3, -0.25) is 4.79 Å². The van der Waals surface area contributed by atoms with Gasteiger partial charge in [-0.25, -0.2) is 4.79 Å². The number of halogens is 1. The highest BCUT2D eigenvalue weighted by Gasteiger charge is 2.06. The predicted octanol–water partition coefficient (Wildman–Crippen LogP) is 1.12. The van der Waals surface area contributed by atoms with Gasteiger partial charge in [0.15, 0.2) is 13.2 Å². The standard InChI is InChI=1S/C11H12BrNO4/c1-13-10(14)6-17-11(15)7-16-9-4-2-8(12)3-5-9/h2-5H,6-7H2,1H3,(H,13,14). The minimum absolute atomic E-state index is 0.224. The topological polar surface area (TPSA) is 64.6 Å². The maximum absolute atomic E-state index is 11.2. The molecule has 1 amide bonds. The molecule has 6 heteroatoms. The third-order valence-electron chi connectivity index (χ3n) is 1.81. The van der Waals surface area contributed by atoms with Gasteiger partial charge in [0.05, 0.1) is 0 Å². The second-order valence-corrected chi connectivity index (χ2v) is 3.99. The lowest BCUT2D eigenvalue weighted by molar-refractivity contribution is -0.150. The lowest BCUT2D eigenvalue weighted by Crippen LogP contribution is -2.26. The van der Waals surface area contributed by atoms with Gasteiger partial charge in [-0.05, 0) is 24.3 Å². The van der Waals surface area contributed by atoms with Crippen LogP contribution in [0.5, 0.6) is 5.75 Å². The largest absolute Gasteiger partial charge is 0.482 e. The lowest BCUT2D eigenvalue weighted by atomic mass is 10.3. The average molecular weight is 302 g/mol. The summed E-state index contributed by atoms with van der Waals surface area (Å²) in [6, 6.07) is 7.03. The summed E-state index contributed by atoms with van der Waals surface area (Å²) < 4.78 is 10.7. The van der Waals surface area contributed by atoms with Crippen LogP contribution in [-0.2, 0) is 14.3 Å². The van der Waals surface area contributed by atoms with Crippen molar-refractivity contribution in [1.29, 1.82) is 0 Å². The van der Waals surface area contributed by atoms with Crippen molar-refractivity contribution in [2.75, 3.05) is 20.3 Å². The number of carbonyl (C=O) groups is 2. The van der Waals surface area contributed by atoms with E-state index in [1.807, 2.05) is 0 Å². The summed E-state index contributed by atoms with van der Waals surface area (Å²) in [4.78, 5) is 22.0. The molecule has 1 rings (SSSR count). The van der Waals surface area contributed by atoms with Gasteiger partial charge in [0.2, 0.25) is 0 Å².